The minimum Gasteiger partial charge on any atom is -0.386 e. The smallest absolute Gasteiger partial charge is 0.346 e. The van der Waals surface area contributed by atoms with E-state index in [1.54, 1.807) is 61.8 Å². The van der Waals surface area contributed by atoms with E-state index in [1.807, 2.05) is 32.3 Å². The summed E-state index contributed by atoms with van der Waals surface area (Å²) in [5.41, 5.74) is 7.27. The van der Waals surface area contributed by atoms with Crippen molar-refractivity contribution in [3.63, 3.8) is 0 Å². The Bertz CT molecular complexity index is 2870. The number of hydrogen-bond acceptors (Lipinski definition) is 15. The van der Waals surface area contributed by atoms with Crippen molar-refractivity contribution in [2.45, 2.75) is 51.7 Å². The molecule has 0 bridgehead atoms. The van der Waals surface area contributed by atoms with Crippen molar-refractivity contribution < 1.29 is 52.6 Å². The number of hydrogen-bond donors (Lipinski definition) is 1. The summed E-state index contributed by atoms with van der Waals surface area (Å²) in [7, 11) is 0. The van der Waals surface area contributed by atoms with Crippen molar-refractivity contribution in [2.24, 2.45) is 5.73 Å². The molecule has 0 radical (unpaired) electrons. The number of nitrogens with zero attached hydrogens (tertiary/aromatic N) is 8. The number of rotatable bonds is 11. The molecule has 70 heavy (non-hydrogen) atoms. The Balaban J connectivity index is 0.000000147. The van der Waals surface area contributed by atoms with Gasteiger partial charge in [0.2, 0.25) is 0 Å². The summed E-state index contributed by atoms with van der Waals surface area (Å²) in [5.74, 6) is -4.83. The molecule has 12 rings (SSSR count). The summed E-state index contributed by atoms with van der Waals surface area (Å²) < 4.78 is 20.0. The first kappa shape index (κ1) is 46.6. The van der Waals surface area contributed by atoms with E-state index in [4.69, 9.17) is 10.5 Å². The standard InChI is InChI=1S/C26H22N6O4.C14H4O6.C6H11N3.C4H8O/c33-23-17-3-5-19-22-20(26(36)32(25(19)35)12-2-10-30-14-8-28-16-30)6-4-18(21(17)22)24(34)31(23)11-1-9-29-13-7-27-15-29;15-11-5-1-2-6-10-8(14(18)20-12(6)16)4-3-7(9(5)10)13(17)19-11;7-2-1-4-9-5-3-8-6-9;1-2-4-5-3-1/h3-8,13-16H,1-2,9-12H2;1-4H;3,5-6H,1-2,4,7H2;1-4H2. The zero-order valence-corrected chi connectivity index (χ0v) is 37.7. The molecule has 20 heteroatoms. The molecular formula is C50H45N9O11. The number of nitrogens with two attached hydrogens (primary N) is 1. The predicted octanol–water partition coefficient (Wildman–Crippen LogP) is 5.10. The van der Waals surface area contributed by atoms with Crippen LogP contribution in [-0.2, 0) is 33.8 Å². The maximum atomic E-state index is 13.3. The number of carbonyl (C=O) groups excluding carboxylic acids is 8. The first-order valence-electron chi connectivity index (χ1n) is 22.7. The molecule has 0 atom stereocenters. The van der Waals surface area contributed by atoms with Gasteiger partial charge >= 0.3 is 23.9 Å². The number of aryl methyl sites for hydroxylation is 3. The Labute approximate surface area is 398 Å². The van der Waals surface area contributed by atoms with Gasteiger partial charge in [-0.05, 0) is 87.2 Å². The molecular weight excluding hydrogens is 903 g/mol. The van der Waals surface area contributed by atoms with E-state index in [-0.39, 0.29) is 46.1 Å². The lowest BCUT2D eigenvalue weighted by atomic mass is 9.86. The van der Waals surface area contributed by atoms with Gasteiger partial charge in [-0.2, -0.15) is 0 Å². The average molecular weight is 948 g/mol. The van der Waals surface area contributed by atoms with Gasteiger partial charge in [0.25, 0.3) is 23.6 Å². The van der Waals surface area contributed by atoms with Gasteiger partial charge < -0.3 is 33.6 Å². The van der Waals surface area contributed by atoms with Crippen LogP contribution in [0.3, 0.4) is 0 Å². The monoisotopic (exact) mass is 947 g/mol. The Kier molecular flexibility index (Phi) is 13.6. The molecule has 0 spiro atoms. The van der Waals surface area contributed by atoms with Gasteiger partial charge in [0.1, 0.15) is 0 Å². The van der Waals surface area contributed by atoms with Gasteiger partial charge in [-0.1, -0.05) is 0 Å². The molecule has 0 unspecified atom stereocenters. The Morgan fingerprint density at radius 3 is 0.986 bits per heavy atom. The first-order chi connectivity index (χ1) is 34.0. The molecule has 2 N–H and O–H groups in total. The number of carbonyl (C=O) groups is 8. The van der Waals surface area contributed by atoms with E-state index in [1.165, 1.54) is 46.9 Å². The van der Waals surface area contributed by atoms with Crippen LogP contribution in [0.4, 0.5) is 0 Å². The van der Waals surface area contributed by atoms with Gasteiger partial charge in [-0.25, -0.2) is 34.1 Å². The lowest BCUT2D eigenvalue weighted by molar-refractivity contribution is 0.0366. The molecule has 5 aliphatic rings. The normalized spacial score (nSPS) is 15.3. The molecule has 0 saturated carbocycles. The SMILES string of the molecule is C1CCOC1.NCCCn1ccnc1.O=C1OC(=O)c2ccc3c4c(ccc1c24)C(=O)OC3=O.O=C1c2ccc3c4c(ccc(c24)C(=O)N1CCCn1ccnc1)C(=O)N(CCCn1ccnc1)C3=O. The molecule has 8 heterocycles. The minimum atomic E-state index is -0.794. The van der Waals surface area contributed by atoms with Gasteiger partial charge in [0.05, 0.1) is 41.2 Å². The molecule has 3 aromatic heterocycles. The number of imidazole rings is 3. The van der Waals surface area contributed by atoms with E-state index in [0.29, 0.717) is 59.0 Å². The predicted molar refractivity (Wildman–Crippen MR) is 248 cm³/mol. The second kappa shape index (κ2) is 20.4. The molecule has 4 aromatic carbocycles. The quantitative estimate of drug-likeness (QED) is 0.101. The highest BCUT2D eigenvalue weighted by molar-refractivity contribution is 6.33. The molecule has 20 nitrogen and oxygen atoms in total. The van der Waals surface area contributed by atoms with Crippen LogP contribution in [0.25, 0.3) is 21.5 Å². The van der Waals surface area contributed by atoms with E-state index >= 15 is 0 Å². The van der Waals surface area contributed by atoms with Gasteiger partial charge in [0.15, 0.2) is 0 Å². The van der Waals surface area contributed by atoms with Gasteiger partial charge in [-0.15, -0.1) is 0 Å². The summed E-state index contributed by atoms with van der Waals surface area (Å²) in [6.07, 6.45) is 20.6. The number of esters is 4. The fourth-order valence-corrected chi connectivity index (χ4v) is 8.81. The van der Waals surface area contributed by atoms with Crippen LogP contribution >= 0.6 is 0 Å². The van der Waals surface area contributed by atoms with Crippen molar-refractivity contribution in [1.82, 2.24) is 38.5 Å². The number of ether oxygens (including phenoxy) is 3. The van der Waals surface area contributed by atoms with Crippen LogP contribution in [0.2, 0.25) is 0 Å². The summed E-state index contributed by atoms with van der Waals surface area (Å²) >= 11 is 0. The second-order valence-electron chi connectivity index (χ2n) is 16.6. The molecule has 1 saturated heterocycles. The Morgan fingerprint density at radius 1 is 0.414 bits per heavy atom. The average Bonchev–Trinajstić information content (AvgIpc) is 4.24. The van der Waals surface area contributed by atoms with Crippen LogP contribution in [0.1, 0.15) is 115 Å². The van der Waals surface area contributed by atoms with Crippen LogP contribution < -0.4 is 5.73 Å². The molecule has 4 amide bonds. The lowest BCUT2D eigenvalue weighted by Crippen LogP contribution is -2.44. The van der Waals surface area contributed by atoms with Crippen LogP contribution in [0, 0.1) is 0 Å². The summed E-state index contributed by atoms with van der Waals surface area (Å²) in [6, 6.07) is 11.9. The van der Waals surface area contributed by atoms with Crippen molar-refractivity contribution >= 4 is 69.1 Å². The molecule has 1 fully saturated rings. The van der Waals surface area contributed by atoms with Gasteiger partial charge in [0, 0.05) is 127 Å². The molecule has 7 aromatic rings. The first-order valence-corrected chi connectivity index (χ1v) is 22.7. The third-order valence-corrected chi connectivity index (χ3v) is 12.2. The number of benzene rings is 4. The highest BCUT2D eigenvalue weighted by Gasteiger charge is 2.40. The van der Waals surface area contributed by atoms with Crippen molar-refractivity contribution in [1.29, 1.82) is 0 Å². The van der Waals surface area contributed by atoms with Crippen molar-refractivity contribution in [3.05, 3.63) is 149 Å². The maximum absolute atomic E-state index is 13.3. The van der Waals surface area contributed by atoms with Crippen LogP contribution in [0.15, 0.2) is 105 Å². The Morgan fingerprint density at radius 2 is 0.714 bits per heavy atom. The second-order valence-corrected chi connectivity index (χ2v) is 16.6. The van der Waals surface area contributed by atoms with Crippen LogP contribution in [-0.4, -0.2) is 119 Å². The third kappa shape index (κ3) is 9.11. The number of imide groups is 2. The summed E-state index contributed by atoms with van der Waals surface area (Å²) in [6.45, 7) is 5.48. The molecule has 0 aliphatic carbocycles. The Hall–Kier alpha value is -8.49. The van der Waals surface area contributed by atoms with E-state index in [9.17, 15) is 38.4 Å². The fourth-order valence-electron chi connectivity index (χ4n) is 8.81. The number of aromatic nitrogens is 6. The fraction of sp³-hybridized carbons (Fsp3) is 0.260. The summed E-state index contributed by atoms with van der Waals surface area (Å²) in [4.78, 5) is 115. The van der Waals surface area contributed by atoms with Crippen LogP contribution in [0.5, 0.6) is 0 Å². The zero-order chi connectivity index (χ0) is 48.9. The number of amides is 4. The van der Waals surface area contributed by atoms with Gasteiger partial charge in [-0.3, -0.25) is 29.0 Å². The largest absolute Gasteiger partial charge is 0.386 e. The maximum Gasteiger partial charge on any atom is 0.346 e. The zero-order valence-electron chi connectivity index (χ0n) is 37.7. The highest BCUT2D eigenvalue weighted by Crippen LogP contribution is 2.39. The third-order valence-electron chi connectivity index (χ3n) is 12.2. The topological polar surface area (TPSA) is 250 Å². The number of cyclic esters (lactones) is 4. The summed E-state index contributed by atoms with van der Waals surface area (Å²) in [5, 5.41) is 1.33. The molecule has 5 aliphatic heterocycles. The highest BCUT2D eigenvalue weighted by atomic mass is 16.6. The van der Waals surface area contributed by atoms with E-state index in [0.717, 1.165) is 32.7 Å². The lowest BCUT2D eigenvalue weighted by Gasteiger charge is -2.32. The van der Waals surface area contributed by atoms with Crippen molar-refractivity contribution in [2.75, 3.05) is 32.8 Å². The van der Waals surface area contributed by atoms with Crippen molar-refractivity contribution in [3.8, 4) is 0 Å². The van der Waals surface area contributed by atoms with E-state index < -0.39 is 47.5 Å². The molecule has 356 valence electrons. The minimum absolute atomic E-state index is 0.155. The van der Waals surface area contributed by atoms with E-state index in [2.05, 4.69) is 24.4 Å².